The summed E-state index contributed by atoms with van der Waals surface area (Å²) in [5, 5.41) is 11.4. The third kappa shape index (κ3) is 9.47. The summed E-state index contributed by atoms with van der Waals surface area (Å²) in [7, 11) is 3.49. The molecule has 3 aromatic rings. The van der Waals surface area contributed by atoms with Gasteiger partial charge in [0, 0.05) is 58.5 Å². The summed E-state index contributed by atoms with van der Waals surface area (Å²) in [4.78, 5) is 26.1. The molecule has 0 saturated heterocycles. The minimum absolute atomic E-state index is 0.0708. The minimum Gasteiger partial charge on any atom is -0.475 e. The van der Waals surface area contributed by atoms with Crippen LogP contribution in [-0.4, -0.2) is 72.6 Å². The number of carbonyl (C=O) groups is 1. The topological polar surface area (TPSA) is 104 Å². The number of benzene rings is 1. The molecule has 0 fully saturated rings. The summed E-state index contributed by atoms with van der Waals surface area (Å²) in [6, 6.07) is 7.75. The molecule has 4 rings (SSSR count). The zero-order valence-corrected chi connectivity index (χ0v) is 24.9. The van der Waals surface area contributed by atoms with Crippen LogP contribution in [0.15, 0.2) is 36.5 Å². The molecule has 2 aromatic heterocycles. The summed E-state index contributed by atoms with van der Waals surface area (Å²) in [5.74, 6) is -1.69. The quantitative estimate of drug-likeness (QED) is 0.274. The van der Waals surface area contributed by atoms with Crippen LogP contribution in [0, 0.1) is 0 Å². The van der Waals surface area contributed by atoms with Crippen molar-refractivity contribution in [2.24, 2.45) is 0 Å². The highest BCUT2D eigenvalue weighted by molar-refractivity contribution is 6.42. The van der Waals surface area contributed by atoms with Gasteiger partial charge in [-0.15, -0.1) is 0 Å². The number of nitrogens with zero attached hydrogens (tertiary/aromatic N) is 5. The molecule has 0 bridgehead atoms. The predicted molar refractivity (Wildman–Crippen MR) is 154 cm³/mol. The second-order valence-electron chi connectivity index (χ2n) is 9.48. The first kappa shape index (κ1) is 34.9. The fourth-order valence-corrected chi connectivity index (χ4v) is 4.47. The molecule has 3 heterocycles. The van der Waals surface area contributed by atoms with Gasteiger partial charge >= 0.3 is 18.3 Å². The SMILES string of the molecule is COCCN(C)c1nc2c(c(NCc3ccc(Cl)c(Cl)c3)n1)CCN(c1ncccc1C(F)(F)F)CC2.O=C(O)C(F)(F)F. The number of rotatable bonds is 8. The highest BCUT2D eigenvalue weighted by Gasteiger charge is 2.38. The molecule has 17 heteroatoms. The Morgan fingerprint density at radius 2 is 1.77 bits per heavy atom. The average Bonchev–Trinajstić information content (AvgIpc) is 3.18. The molecular formula is C27H28Cl2F6N6O3. The Morgan fingerprint density at radius 1 is 1.09 bits per heavy atom. The Morgan fingerprint density at radius 3 is 2.39 bits per heavy atom. The molecule has 0 spiro atoms. The molecule has 0 atom stereocenters. The molecule has 1 aliphatic rings. The third-order valence-electron chi connectivity index (χ3n) is 6.38. The lowest BCUT2D eigenvalue weighted by molar-refractivity contribution is -0.192. The number of halogens is 8. The number of alkyl halides is 6. The van der Waals surface area contributed by atoms with Gasteiger partial charge in [-0.05, 0) is 36.2 Å². The second kappa shape index (κ2) is 14.9. The van der Waals surface area contributed by atoms with E-state index < -0.39 is 23.9 Å². The third-order valence-corrected chi connectivity index (χ3v) is 7.12. The van der Waals surface area contributed by atoms with E-state index >= 15 is 0 Å². The van der Waals surface area contributed by atoms with Gasteiger partial charge in [-0.25, -0.2) is 14.8 Å². The minimum atomic E-state index is -5.08. The number of carboxylic acid groups (broad SMARTS) is 1. The van der Waals surface area contributed by atoms with Crippen molar-refractivity contribution in [3.63, 3.8) is 0 Å². The van der Waals surface area contributed by atoms with Gasteiger partial charge in [0.1, 0.15) is 11.6 Å². The molecule has 2 N–H and O–H groups in total. The Hall–Kier alpha value is -3.56. The van der Waals surface area contributed by atoms with Crippen LogP contribution in [0.1, 0.15) is 22.4 Å². The van der Waals surface area contributed by atoms with Crippen molar-refractivity contribution >= 4 is 46.8 Å². The monoisotopic (exact) mass is 668 g/mol. The number of fused-ring (bicyclic) bond motifs is 1. The lowest BCUT2D eigenvalue weighted by Gasteiger charge is -2.24. The first-order chi connectivity index (χ1) is 20.6. The van der Waals surface area contributed by atoms with Gasteiger partial charge in [-0.1, -0.05) is 29.3 Å². The maximum Gasteiger partial charge on any atom is 0.490 e. The molecule has 0 saturated carbocycles. The molecule has 1 aliphatic heterocycles. The van der Waals surface area contributed by atoms with Crippen molar-refractivity contribution in [3.8, 4) is 0 Å². The van der Waals surface area contributed by atoms with E-state index in [-0.39, 0.29) is 5.82 Å². The standard InChI is InChI=1S/C25H27Cl2F3N6O.C2HF3O2/c1-35(12-13-37-2)24-33-21-8-11-36(23-18(25(28,29)30)4-3-9-31-23)10-7-17(21)22(34-24)32-15-16-5-6-19(26)20(27)14-16;3-2(4,5)1(6)7/h3-6,9,14H,7-8,10-13,15H2,1-2H3,(H,32,33,34);(H,6,7). The molecule has 0 radical (unpaired) electrons. The van der Waals surface area contributed by atoms with Crippen molar-refractivity contribution in [1.29, 1.82) is 0 Å². The van der Waals surface area contributed by atoms with Gasteiger partial charge in [0.15, 0.2) is 0 Å². The van der Waals surface area contributed by atoms with Crippen LogP contribution in [0.25, 0.3) is 0 Å². The number of nitrogens with one attached hydrogen (secondary N) is 1. The fourth-order valence-electron chi connectivity index (χ4n) is 4.15. The van der Waals surface area contributed by atoms with Crippen LogP contribution >= 0.6 is 23.2 Å². The summed E-state index contributed by atoms with van der Waals surface area (Å²) in [6.07, 6.45) is -7.30. The number of carboxylic acids is 1. The van der Waals surface area contributed by atoms with Gasteiger partial charge < -0.3 is 25.0 Å². The van der Waals surface area contributed by atoms with E-state index in [0.29, 0.717) is 67.4 Å². The molecule has 9 nitrogen and oxygen atoms in total. The van der Waals surface area contributed by atoms with Crippen molar-refractivity contribution in [2.75, 3.05) is 55.5 Å². The summed E-state index contributed by atoms with van der Waals surface area (Å²) >= 11 is 12.2. The molecule has 1 aromatic carbocycles. The Balaban J connectivity index is 0.000000676. The summed E-state index contributed by atoms with van der Waals surface area (Å²) in [6.45, 7) is 2.20. The number of ether oxygens (including phenoxy) is 1. The smallest absolute Gasteiger partial charge is 0.475 e. The highest BCUT2D eigenvalue weighted by atomic mass is 35.5. The zero-order chi connectivity index (χ0) is 32.7. The van der Waals surface area contributed by atoms with Crippen LogP contribution in [0.5, 0.6) is 0 Å². The fraction of sp³-hybridized carbons (Fsp3) is 0.407. The van der Waals surface area contributed by atoms with Crippen molar-refractivity contribution in [2.45, 2.75) is 31.7 Å². The van der Waals surface area contributed by atoms with E-state index in [1.165, 1.54) is 12.3 Å². The van der Waals surface area contributed by atoms with Crippen molar-refractivity contribution in [1.82, 2.24) is 15.0 Å². The summed E-state index contributed by atoms with van der Waals surface area (Å²) in [5.41, 5.74) is 1.83. The average molecular weight is 669 g/mol. The molecule has 0 amide bonds. The molecular weight excluding hydrogens is 641 g/mol. The zero-order valence-electron chi connectivity index (χ0n) is 23.4. The number of hydrogen-bond acceptors (Lipinski definition) is 8. The predicted octanol–water partition coefficient (Wildman–Crippen LogP) is 6.13. The van der Waals surface area contributed by atoms with Gasteiger partial charge in [0.2, 0.25) is 5.95 Å². The van der Waals surface area contributed by atoms with E-state index in [2.05, 4.69) is 10.3 Å². The van der Waals surface area contributed by atoms with E-state index in [1.54, 1.807) is 24.1 Å². The number of pyridine rings is 1. The van der Waals surface area contributed by atoms with E-state index in [9.17, 15) is 26.3 Å². The maximum absolute atomic E-state index is 13.7. The normalized spacial score (nSPS) is 13.4. The van der Waals surface area contributed by atoms with Crippen LogP contribution in [0.3, 0.4) is 0 Å². The first-order valence-corrected chi connectivity index (χ1v) is 13.7. The Labute approximate surface area is 258 Å². The first-order valence-electron chi connectivity index (χ1n) is 13.0. The van der Waals surface area contributed by atoms with Gasteiger partial charge in [0.05, 0.1) is 27.9 Å². The lowest BCUT2D eigenvalue weighted by atomic mass is 10.1. The van der Waals surface area contributed by atoms with Crippen molar-refractivity contribution < 1.29 is 41.0 Å². The lowest BCUT2D eigenvalue weighted by Crippen LogP contribution is -2.29. The number of anilines is 3. The molecule has 0 aliphatic carbocycles. The molecule has 240 valence electrons. The van der Waals surface area contributed by atoms with E-state index in [1.807, 2.05) is 18.0 Å². The van der Waals surface area contributed by atoms with Crippen LogP contribution < -0.4 is 15.1 Å². The number of likely N-dealkylation sites (N-methyl/N-ethyl adjacent to an activating group) is 1. The maximum atomic E-state index is 13.7. The number of methoxy groups -OCH3 is 1. The number of hydrogen-bond donors (Lipinski definition) is 2. The second-order valence-corrected chi connectivity index (χ2v) is 10.3. The highest BCUT2D eigenvalue weighted by Crippen LogP contribution is 2.36. The van der Waals surface area contributed by atoms with Crippen molar-refractivity contribution in [3.05, 3.63) is 69.0 Å². The Bertz CT molecular complexity index is 1440. The largest absolute Gasteiger partial charge is 0.490 e. The van der Waals surface area contributed by atoms with Crippen LogP contribution in [0.4, 0.5) is 43.9 Å². The van der Waals surface area contributed by atoms with Crippen LogP contribution in [-0.2, 0) is 35.1 Å². The summed E-state index contributed by atoms with van der Waals surface area (Å²) < 4.78 is 77.9. The van der Waals surface area contributed by atoms with Gasteiger partial charge in [0.25, 0.3) is 0 Å². The molecule has 44 heavy (non-hydrogen) atoms. The Kier molecular flexibility index (Phi) is 11.9. The molecule has 0 unspecified atom stereocenters. The van der Waals surface area contributed by atoms with Crippen LogP contribution in [0.2, 0.25) is 10.0 Å². The number of aliphatic carboxylic acids is 1. The van der Waals surface area contributed by atoms with Gasteiger partial charge in [-0.3, -0.25) is 0 Å². The number of aromatic nitrogens is 3. The van der Waals surface area contributed by atoms with E-state index in [0.717, 1.165) is 22.9 Å². The van der Waals surface area contributed by atoms with E-state index in [4.69, 9.17) is 47.8 Å². The van der Waals surface area contributed by atoms with Gasteiger partial charge in [-0.2, -0.15) is 31.3 Å².